The van der Waals surface area contributed by atoms with E-state index in [9.17, 15) is 0 Å². The molecule has 2 heterocycles. The summed E-state index contributed by atoms with van der Waals surface area (Å²) in [5.74, 6) is 0.831. The van der Waals surface area contributed by atoms with Gasteiger partial charge in [-0.25, -0.2) is 4.98 Å². The lowest BCUT2D eigenvalue weighted by molar-refractivity contribution is 0.990. The number of benzene rings is 1. The van der Waals surface area contributed by atoms with Gasteiger partial charge in [0.2, 0.25) is 0 Å². The van der Waals surface area contributed by atoms with Crippen molar-refractivity contribution in [1.29, 1.82) is 0 Å². The van der Waals surface area contributed by atoms with Crippen molar-refractivity contribution in [2.75, 3.05) is 0 Å². The van der Waals surface area contributed by atoms with Crippen molar-refractivity contribution in [2.24, 2.45) is 5.73 Å². The Kier molecular flexibility index (Phi) is 2.81. The summed E-state index contributed by atoms with van der Waals surface area (Å²) in [5.41, 5.74) is 9.69. The lowest BCUT2D eigenvalue weighted by atomic mass is 10.2. The molecule has 0 saturated heterocycles. The molecule has 3 aromatic rings. The van der Waals surface area contributed by atoms with E-state index in [0.717, 1.165) is 39.4 Å². The number of imidazole rings is 1. The number of hydrogen-bond acceptors (Lipinski definition) is 5. The minimum absolute atomic E-state index is 0.489. The molecule has 0 amide bonds. The van der Waals surface area contributed by atoms with Gasteiger partial charge in [0.1, 0.15) is 4.88 Å². The summed E-state index contributed by atoms with van der Waals surface area (Å²) in [6.45, 7) is 2.55. The van der Waals surface area contributed by atoms with Gasteiger partial charge in [-0.05, 0) is 29.6 Å². The van der Waals surface area contributed by atoms with E-state index in [2.05, 4.69) is 26.5 Å². The minimum Gasteiger partial charge on any atom is -0.337 e. The fourth-order valence-corrected chi connectivity index (χ4v) is 2.68. The third kappa shape index (κ3) is 1.70. The molecule has 92 valence electrons. The first-order valence-corrected chi connectivity index (χ1v) is 6.60. The summed E-state index contributed by atoms with van der Waals surface area (Å²) >= 11 is 1.37. The number of nitrogens with one attached hydrogen (secondary N) is 1. The first-order chi connectivity index (χ1) is 8.83. The maximum atomic E-state index is 5.72. The Labute approximate surface area is 108 Å². The molecule has 0 unspecified atom stereocenters. The number of para-hydroxylation sites is 1. The Morgan fingerprint density at radius 1 is 1.39 bits per heavy atom. The third-order valence-corrected chi connectivity index (χ3v) is 3.70. The average Bonchev–Trinajstić information content (AvgIpc) is 3.03. The maximum absolute atomic E-state index is 5.72. The van der Waals surface area contributed by atoms with Crippen LogP contribution in [0.25, 0.3) is 21.7 Å². The molecular formula is C12H13N5S. The van der Waals surface area contributed by atoms with E-state index >= 15 is 0 Å². The van der Waals surface area contributed by atoms with Crippen LogP contribution >= 0.6 is 11.5 Å². The van der Waals surface area contributed by atoms with E-state index in [0.29, 0.717) is 6.54 Å². The number of fused-ring (bicyclic) bond motifs is 1. The highest BCUT2D eigenvalue weighted by molar-refractivity contribution is 7.09. The number of nitrogens with zero attached hydrogens (tertiary/aromatic N) is 3. The molecular weight excluding hydrogens is 246 g/mol. The molecule has 18 heavy (non-hydrogen) atoms. The highest BCUT2D eigenvalue weighted by atomic mass is 32.1. The monoisotopic (exact) mass is 259 g/mol. The van der Waals surface area contributed by atoms with Crippen molar-refractivity contribution < 1.29 is 0 Å². The molecule has 0 saturated carbocycles. The van der Waals surface area contributed by atoms with Crippen LogP contribution in [0, 0.1) is 0 Å². The van der Waals surface area contributed by atoms with E-state index in [1.54, 1.807) is 0 Å². The van der Waals surface area contributed by atoms with E-state index in [1.807, 2.05) is 18.2 Å². The predicted molar refractivity (Wildman–Crippen MR) is 72.3 cm³/mol. The number of aromatic nitrogens is 4. The van der Waals surface area contributed by atoms with Crippen molar-refractivity contribution >= 4 is 22.6 Å². The van der Waals surface area contributed by atoms with E-state index in [4.69, 9.17) is 5.73 Å². The van der Waals surface area contributed by atoms with E-state index in [1.165, 1.54) is 11.5 Å². The molecule has 0 aliphatic heterocycles. The quantitative estimate of drug-likeness (QED) is 0.754. The molecule has 0 aliphatic rings. The van der Waals surface area contributed by atoms with Gasteiger partial charge in [0.15, 0.2) is 5.82 Å². The Bertz CT molecular complexity index is 685. The number of aromatic amines is 1. The normalized spacial score (nSPS) is 11.2. The highest BCUT2D eigenvalue weighted by Gasteiger charge is 2.14. The zero-order valence-electron chi connectivity index (χ0n) is 9.97. The van der Waals surface area contributed by atoms with Gasteiger partial charge in [-0.1, -0.05) is 23.5 Å². The van der Waals surface area contributed by atoms with Gasteiger partial charge >= 0.3 is 0 Å². The van der Waals surface area contributed by atoms with Gasteiger partial charge in [0.25, 0.3) is 0 Å². The van der Waals surface area contributed by atoms with Crippen LogP contribution in [0.4, 0.5) is 0 Å². The summed E-state index contributed by atoms with van der Waals surface area (Å²) in [6.07, 6.45) is 0.854. The Hall–Kier alpha value is -1.79. The Morgan fingerprint density at radius 3 is 3.06 bits per heavy atom. The first-order valence-electron chi connectivity index (χ1n) is 5.82. The number of H-pyrrole nitrogens is 1. The predicted octanol–water partition coefficient (Wildman–Crippen LogP) is 2.10. The molecule has 0 atom stereocenters. The SMILES string of the molecule is CCc1nnsc1-c1nc2c(CN)cccc2[nH]1. The molecule has 0 fully saturated rings. The summed E-state index contributed by atoms with van der Waals surface area (Å²) in [7, 11) is 0. The van der Waals surface area contributed by atoms with Gasteiger partial charge in [-0.2, -0.15) is 0 Å². The molecule has 6 heteroatoms. The largest absolute Gasteiger partial charge is 0.337 e. The number of rotatable bonds is 3. The zero-order chi connectivity index (χ0) is 12.5. The van der Waals surface area contributed by atoms with E-state index in [-0.39, 0.29) is 0 Å². The van der Waals surface area contributed by atoms with Crippen molar-refractivity contribution in [3.05, 3.63) is 29.5 Å². The maximum Gasteiger partial charge on any atom is 0.152 e. The second kappa shape index (κ2) is 4.47. The van der Waals surface area contributed by atoms with Gasteiger partial charge in [0.05, 0.1) is 16.7 Å². The van der Waals surface area contributed by atoms with Crippen LogP contribution in [0.2, 0.25) is 0 Å². The molecule has 5 nitrogen and oxygen atoms in total. The number of hydrogen-bond donors (Lipinski definition) is 2. The standard InChI is InChI=1S/C12H13N5S/c1-2-8-11(18-17-16-8)12-14-9-5-3-4-7(6-13)10(9)15-12/h3-5H,2,6,13H2,1H3,(H,14,15). The van der Waals surface area contributed by atoms with Gasteiger partial charge in [-0.15, -0.1) is 5.10 Å². The third-order valence-electron chi connectivity index (χ3n) is 2.92. The molecule has 0 spiro atoms. The average molecular weight is 259 g/mol. The van der Waals surface area contributed by atoms with Gasteiger partial charge in [-0.3, -0.25) is 0 Å². The van der Waals surface area contributed by atoms with Gasteiger partial charge in [0, 0.05) is 6.54 Å². The molecule has 3 N–H and O–H groups in total. The van der Waals surface area contributed by atoms with Crippen molar-refractivity contribution in [1.82, 2.24) is 19.6 Å². The fourth-order valence-electron chi connectivity index (χ4n) is 1.98. The van der Waals surface area contributed by atoms with E-state index < -0.39 is 0 Å². The van der Waals surface area contributed by atoms with Crippen molar-refractivity contribution in [2.45, 2.75) is 19.9 Å². The van der Waals surface area contributed by atoms with Crippen LogP contribution in [0.5, 0.6) is 0 Å². The zero-order valence-corrected chi connectivity index (χ0v) is 10.8. The lowest BCUT2D eigenvalue weighted by Gasteiger charge is -1.95. The molecule has 1 aromatic carbocycles. The second-order valence-corrected chi connectivity index (χ2v) is 4.76. The lowest BCUT2D eigenvalue weighted by Crippen LogP contribution is -1.96. The number of aryl methyl sites for hydroxylation is 1. The summed E-state index contributed by atoms with van der Waals surface area (Å²) in [4.78, 5) is 8.95. The molecule has 2 aromatic heterocycles. The smallest absolute Gasteiger partial charge is 0.152 e. The fraction of sp³-hybridized carbons (Fsp3) is 0.250. The van der Waals surface area contributed by atoms with Crippen LogP contribution in [-0.4, -0.2) is 19.6 Å². The Morgan fingerprint density at radius 2 is 2.28 bits per heavy atom. The molecule has 0 bridgehead atoms. The van der Waals surface area contributed by atoms with Gasteiger partial charge < -0.3 is 10.7 Å². The van der Waals surface area contributed by atoms with Crippen molar-refractivity contribution in [3.63, 3.8) is 0 Å². The first kappa shape index (κ1) is 11.3. The Balaban J connectivity index is 2.19. The van der Waals surface area contributed by atoms with Crippen LogP contribution < -0.4 is 5.73 Å². The minimum atomic E-state index is 0.489. The summed E-state index contributed by atoms with van der Waals surface area (Å²) < 4.78 is 3.99. The molecule has 0 radical (unpaired) electrons. The molecule has 3 rings (SSSR count). The van der Waals surface area contributed by atoms with Crippen LogP contribution in [0.1, 0.15) is 18.2 Å². The second-order valence-electron chi connectivity index (χ2n) is 4.01. The number of nitrogens with two attached hydrogens (primary N) is 1. The highest BCUT2D eigenvalue weighted by Crippen LogP contribution is 2.27. The summed E-state index contributed by atoms with van der Waals surface area (Å²) in [6, 6.07) is 5.99. The van der Waals surface area contributed by atoms with Crippen molar-refractivity contribution in [3.8, 4) is 10.7 Å². The molecule has 0 aliphatic carbocycles. The van der Waals surface area contributed by atoms with Crippen LogP contribution in [0.3, 0.4) is 0 Å². The summed E-state index contributed by atoms with van der Waals surface area (Å²) in [5, 5.41) is 4.11. The van der Waals surface area contributed by atoms with Crippen LogP contribution in [-0.2, 0) is 13.0 Å². The topological polar surface area (TPSA) is 80.5 Å². The van der Waals surface area contributed by atoms with Crippen LogP contribution in [0.15, 0.2) is 18.2 Å².